The van der Waals surface area contributed by atoms with Crippen LogP contribution >= 0.6 is 11.3 Å². The van der Waals surface area contributed by atoms with Crippen molar-refractivity contribution in [1.29, 1.82) is 0 Å². The molecule has 0 bridgehead atoms. The smallest absolute Gasteiger partial charge is 0.234 e. The molecule has 3 rings (SSSR count). The van der Waals surface area contributed by atoms with Crippen molar-refractivity contribution in [2.75, 3.05) is 13.1 Å². The summed E-state index contributed by atoms with van der Waals surface area (Å²) in [5, 5.41) is 17.2. The van der Waals surface area contributed by atoms with Gasteiger partial charge in [-0.3, -0.25) is 0 Å². The number of fused-ring (bicyclic) bond motifs is 1. The van der Waals surface area contributed by atoms with Gasteiger partial charge in [0.2, 0.25) is 4.96 Å². The second kappa shape index (κ2) is 3.78. The van der Waals surface area contributed by atoms with Crippen molar-refractivity contribution in [3.63, 3.8) is 0 Å². The Morgan fingerprint density at radius 3 is 3.25 bits per heavy atom. The monoisotopic (exact) mass is 237 g/mol. The number of hydrogen-bond acceptors (Lipinski definition) is 5. The molecule has 2 aromatic rings. The summed E-state index contributed by atoms with van der Waals surface area (Å²) in [7, 11) is 0. The van der Waals surface area contributed by atoms with Crippen LogP contribution in [-0.2, 0) is 5.41 Å². The highest BCUT2D eigenvalue weighted by Gasteiger charge is 2.38. The second-order valence-corrected chi connectivity index (χ2v) is 5.38. The van der Waals surface area contributed by atoms with Gasteiger partial charge in [0.05, 0.1) is 0 Å². The third-order valence-electron chi connectivity index (χ3n) is 3.31. The van der Waals surface area contributed by atoms with Gasteiger partial charge in [0.25, 0.3) is 0 Å². The fraction of sp³-hybridized carbons (Fsp3) is 0.700. The van der Waals surface area contributed by atoms with Gasteiger partial charge in [-0.1, -0.05) is 24.7 Å². The van der Waals surface area contributed by atoms with Crippen molar-refractivity contribution in [2.24, 2.45) is 0 Å². The topological polar surface area (TPSA) is 55.1 Å². The van der Waals surface area contributed by atoms with Crippen LogP contribution in [0.3, 0.4) is 0 Å². The predicted octanol–water partition coefficient (Wildman–Crippen LogP) is 1.22. The van der Waals surface area contributed by atoms with Gasteiger partial charge in [0, 0.05) is 12.0 Å². The van der Waals surface area contributed by atoms with Crippen molar-refractivity contribution >= 4 is 16.3 Å². The average molecular weight is 237 g/mol. The first kappa shape index (κ1) is 10.2. The first-order valence-electron chi connectivity index (χ1n) is 5.72. The summed E-state index contributed by atoms with van der Waals surface area (Å²) in [6, 6.07) is 0. The predicted molar refractivity (Wildman–Crippen MR) is 62.7 cm³/mol. The number of rotatable bonds is 3. The van der Waals surface area contributed by atoms with Gasteiger partial charge in [-0.25, -0.2) is 0 Å². The Labute approximate surface area is 97.9 Å². The molecule has 0 aromatic carbocycles. The molecule has 0 spiro atoms. The maximum Gasteiger partial charge on any atom is 0.234 e. The zero-order valence-corrected chi connectivity index (χ0v) is 10.1. The van der Waals surface area contributed by atoms with Crippen LogP contribution in [0, 0.1) is 0 Å². The van der Waals surface area contributed by atoms with Crippen LogP contribution in [0.2, 0.25) is 0 Å². The minimum atomic E-state index is 0.236. The Hall–Kier alpha value is -1.01. The third kappa shape index (κ3) is 1.44. The maximum atomic E-state index is 4.62. The van der Waals surface area contributed by atoms with Gasteiger partial charge >= 0.3 is 0 Å². The molecule has 1 fully saturated rings. The Kier molecular flexibility index (Phi) is 2.40. The van der Waals surface area contributed by atoms with Crippen LogP contribution in [0.1, 0.15) is 31.2 Å². The highest BCUT2D eigenvalue weighted by atomic mass is 32.1. The number of aromatic nitrogens is 4. The Bertz CT molecular complexity index is 454. The summed E-state index contributed by atoms with van der Waals surface area (Å²) in [6.45, 7) is 4.38. The Morgan fingerprint density at radius 1 is 1.62 bits per heavy atom. The van der Waals surface area contributed by atoms with E-state index in [1.54, 1.807) is 22.2 Å². The van der Waals surface area contributed by atoms with E-state index in [1.165, 1.54) is 24.3 Å². The highest BCUT2D eigenvalue weighted by Crippen LogP contribution is 2.37. The molecule has 1 aliphatic rings. The van der Waals surface area contributed by atoms with Gasteiger partial charge in [-0.2, -0.15) is 9.61 Å². The lowest BCUT2D eigenvalue weighted by molar-refractivity contribution is 0.420. The number of nitrogens with zero attached hydrogens (tertiary/aromatic N) is 4. The quantitative estimate of drug-likeness (QED) is 0.872. The van der Waals surface area contributed by atoms with E-state index in [0.29, 0.717) is 0 Å². The minimum absolute atomic E-state index is 0.236. The molecule has 3 heterocycles. The zero-order valence-electron chi connectivity index (χ0n) is 9.31. The first-order chi connectivity index (χ1) is 7.84. The summed E-state index contributed by atoms with van der Waals surface area (Å²) in [6.07, 6.45) is 5.26. The summed E-state index contributed by atoms with van der Waals surface area (Å²) >= 11 is 1.68. The van der Waals surface area contributed by atoms with E-state index < -0.39 is 0 Å². The molecule has 0 radical (unpaired) electrons. The summed E-state index contributed by atoms with van der Waals surface area (Å²) in [4.78, 5) is 0.900. The molecule has 16 heavy (non-hydrogen) atoms. The number of hydrogen-bond donors (Lipinski definition) is 1. The lowest BCUT2D eigenvalue weighted by Gasteiger charge is -2.24. The molecule has 5 nitrogen and oxygen atoms in total. The van der Waals surface area contributed by atoms with E-state index in [4.69, 9.17) is 0 Å². The van der Waals surface area contributed by atoms with Crippen molar-refractivity contribution in [3.8, 4) is 0 Å². The largest absolute Gasteiger partial charge is 0.316 e. The molecule has 86 valence electrons. The molecule has 1 unspecified atom stereocenters. The van der Waals surface area contributed by atoms with Gasteiger partial charge in [0.1, 0.15) is 11.3 Å². The fourth-order valence-electron chi connectivity index (χ4n) is 2.50. The Morgan fingerprint density at radius 2 is 2.56 bits per heavy atom. The van der Waals surface area contributed by atoms with Crippen molar-refractivity contribution in [3.05, 3.63) is 11.3 Å². The normalized spacial score (nSPS) is 25.6. The van der Waals surface area contributed by atoms with E-state index in [0.717, 1.165) is 18.1 Å². The SMILES string of the molecule is CCCC1(c2nn3cnnc3s2)CCNC1. The van der Waals surface area contributed by atoms with Crippen LogP contribution in [0.5, 0.6) is 0 Å². The van der Waals surface area contributed by atoms with Crippen LogP contribution in [0.15, 0.2) is 6.33 Å². The molecular formula is C10H15N5S. The van der Waals surface area contributed by atoms with E-state index in [1.807, 2.05) is 0 Å². The lowest BCUT2D eigenvalue weighted by Crippen LogP contribution is -2.28. The standard InChI is InChI=1S/C10H15N5S/c1-2-3-10(4-5-11-6-10)8-14-15-7-12-13-9(15)16-8/h7,11H,2-6H2,1H3. The molecule has 1 aliphatic heterocycles. The molecule has 1 atom stereocenters. The van der Waals surface area contributed by atoms with Gasteiger partial charge in [0.15, 0.2) is 0 Å². The molecule has 6 heteroatoms. The first-order valence-corrected chi connectivity index (χ1v) is 6.54. The van der Waals surface area contributed by atoms with E-state index in [2.05, 4.69) is 27.5 Å². The van der Waals surface area contributed by atoms with E-state index in [-0.39, 0.29) is 5.41 Å². The fourth-order valence-corrected chi connectivity index (χ4v) is 3.56. The summed E-state index contributed by atoms with van der Waals surface area (Å²) < 4.78 is 1.79. The van der Waals surface area contributed by atoms with Crippen LogP contribution in [0.4, 0.5) is 0 Å². The van der Waals surface area contributed by atoms with Gasteiger partial charge in [-0.15, -0.1) is 10.2 Å². The Balaban J connectivity index is 2.02. The van der Waals surface area contributed by atoms with Crippen LogP contribution in [-0.4, -0.2) is 32.9 Å². The van der Waals surface area contributed by atoms with Crippen molar-refractivity contribution < 1.29 is 0 Å². The van der Waals surface area contributed by atoms with Crippen molar-refractivity contribution in [2.45, 2.75) is 31.6 Å². The molecule has 2 aromatic heterocycles. The average Bonchev–Trinajstić information content (AvgIpc) is 2.90. The van der Waals surface area contributed by atoms with E-state index in [9.17, 15) is 0 Å². The van der Waals surface area contributed by atoms with Crippen LogP contribution in [0.25, 0.3) is 4.96 Å². The van der Waals surface area contributed by atoms with E-state index >= 15 is 0 Å². The molecule has 0 amide bonds. The minimum Gasteiger partial charge on any atom is -0.316 e. The van der Waals surface area contributed by atoms with Gasteiger partial charge < -0.3 is 5.32 Å². The maximum absolute atomic E-state index is 4.62. The molecule has 0 saturated carbocycles. The molecular weight excluding hydrogens is 222 g/mol. The van der Waals surface area contributed by atoms with Gasteiger partial charge in [-0.05, 0) is 19.4 Å². The summed E-state index contributed by atoms with van der Waals surface area (Å²) in [5.74, 6) is 0. The van der Waals surface area contributed by atoms with Crippen LogP contribution < -0.4 is 5.32 Å². The third-order valence-corrected chi connectivity index (χ3v) is 4.47. The molecule has 1 saturated heterocycles. The number of nitrogens with one attached hydrogen (secondary N) is 1. The summed E-state index contributed by atoms with van der Waals surface area (Å²) in [5.41, 5.74) is 0.236. The second-order valence-electron chi connectivity index (χ2n) is 4.42. The zero-order chi connectivity index (χ0) is 11.0. The molecule has 1 N–H and O–H groups in total. The highest BCUT2D eigenvalue weighted by molar-refractivity contribution is 7.16. The lowest BCUT2D eigenvalue weighted by atomic mass is 9.83. The molecule has 0 aliphatic carbocycles. The van der Waals surface area contributed by atoms with Crippen molar-refractivity contribution in [1.82, 2.24) is 25.1 Å².